The maximum atomic E-state index is 12.7. The van der Waals surface area contributed by atoms with Gasteiger partial charge >= 0.3 is 0 Å². The van der Waals surface area contributed by atoms with E-state index in [1.807, 2.05) is 0 Å². The molecule has 0 atom stereocenters. The molecule has 1 aliphatic rings. The van der Waals surface area contributed by atoms with E-state index in [2.05, 4.69) is 20.9 Å². The second kappa shape index (κ2) is 12.5. The molecule has 2 amide bonds. The van der Waals surface area contributed by atoms with E-state index in [1.54, 1.807) is 49.7 Å². The van der Waals surface area contributed by atoms with E-state index < -0.39 is 0 Å². The number of hydrogen-bond acceptors (Lipinski definition) is 5. The molecule has 1 fully saturated rings. The Morgan fingerprint density at radius 2 is 1.83 bits per heavy atom. The van der Waals surface area contributed by atoms with Crippen LogP contribution in [0.25, 0.3) is 0 Å². The van der Waals surface area contributed by atoms with Crippen LogP contribution < -0.4 is 16.0 Å². The molecular formula is C21H28Cl2N4O3. The normalized spacial score (nSPS) is 14.6. The topological polar surface area (TPSA) is 92.4 Å². The minimum Gasteiger partial charge on any atom is -0.384 e. The number of benzene rings is 1. The van der Waals surface area contributed by atoms with E-state index in [4.69, 9.17) is 4.74 Å². The minimum atomic E-state index is -0.264. The third kappa shape index (κ3) is 6.95. The third-order valence-electron chi connectivity index (χ3n) is 5.05. The van der Waals surface area contributed by atoms with Crippen molar-refractivity contribution in [1.29, 1.82) is 0 Å². The van der Waals surface area contributed by atoms with Crippen LogP contribution in [0.1, 0.15) is 33.6 Å². The van der Waals surface area contributed by atoms with Crippen LogP contribution in [0.5, 0.6) is 0 Å². The summed E-state index contributed by atoms with van der Waals surface area (Å²) in [7, 11) is 1.69. The SMILES string of the molecule is COCC1(CNC(=O)c2cccc(NC(=O)c3cccnc3)c2)CCNCC1.Cl.Cl. The molecule has 0 radical (unpaired) electrons. The Bertz CT molecular complexity index is 809. The summed E-state index contributed by atoms with van der Waals surface area (Å²) in [4.78, 5) is 28.9. The Morgan fingerprint density at radius 3 is 2.50 bits per heavy atom. The van der Waals surface area contributed by atoms with Gasteiger partial charge in [-0.1, -0.05) is 6.07 Å². The molecule has 9 heteroatoms. The third-order valence-corrected chi connectivity index (χ3v) is 5.05. The number of methoxy groups -OCH3 is 1. The van der Waals surface area contributed by atoms with Gasteiger partial charge in [-0.3, -0.25) is 14.6 Å². The molecule has 7 nitrogen and oxygen atoms in total. The number of ether oxygens (including phenoxy) is 1. The zero-order chi connectivity index (χ0) is 19.8. The van der Waals surface area contributed by atoms with Crippen molar-refractivity contribution in [3.63, 3.8) is 0 Å². The van der Waals surface area contributed by atoms with Gasteiger partial charge in [0, 0.05) is 42.7 Å². The first-order valence-corrected chi connectivity index (χ1v) is 9.41. The number of carbonyl (C=O) groups excluding carboxylic acids is 2. The lowest BCUT2D eigenvalue weighted by molar-refractivity contribution is 0.0511. The molecule has 3 N–H and O–H groups in total. The fourth-order valence-corrected chi connectivity index (χ4v) is 3.44. The van der Waals surface area contributed by atoms with Gasteiger partial charge in [-0.2, -0.15) is 0 Å². The van der Waals surface area contributed by atoms with E-state index in [0.717, 1.165) is 25.9 Å². The molecule has 30 heavy (non-hydrogen) atoms. The predicted molar refractivity (Wildman–Crippen MR) is 122 cm³/mol. The van der Waals surface area contributed by atoms with Gasteiger partial charge in [-0.05, 0) is 56.3 Å². The summed E-state index contributed by atoms with van der Waals surface area (Å²) in [5.41, 5.74) is 1.49. The van der Waals surface area contributed by atoms with Crippen LogP contribution in [-0.4, -0.2) is 50.1 Å². The summed E-state index contributed by atoms with van der Waals surface area (Å²) in [6, 6.07) is 10.3. The van der Waals surface area contributed by atoms with Crippen LogP contribution >= 0.6 is 24.8 Å². The highest BCUT2D eigenvalue weighted by molar-refractivity contribution is 6.04. The summed E-state index contributed by atoms with van der Waals surface area (Å²) >= 11 is 0. The fraction of sp³-hybridized carbons (Fsp3) is 0.381. The Kier molecular flexibility index (Phi) is 10.8. The van der Waals surface area contributed by atoms with E-state index in [-0.39, 0.29) is 42.0 Å². The number of nitrogens with one attached hydrogen (secondary N) is 3. The molecule has 1 aliphatic heterocycles. The summed E-state index contributed by atoms with van der Waals surface area (Å²) in [6.45, 7) is 3.04. The van der Waals surface area contributed by atoms with E-state index in [0.29, 0.717) is 30.0 Å². The number of piperidine rings is 1. The van der Waals surface area contributed by atoms with E-state index >= 15 is 0 Å². The van der Waals surface area contributed by atoms with Crippen molar-refractivity contribution in [1.82, 2.24) is 15.6 Å². The first-order chi connectivity index (χ1) is 13.6. The minimum absolute atomic E-state index is 0. The van der Waals surface area contributed by atoms with Gasteiger partial charge in [-0.15, -0.1) is 24.8 Å². The average Bonchev–Trinajstić information content (AvgIpc) is 2.74. The van der Waals surface area contributed by atoms with Gasteiger partial charge in [0.25, 0.3) is 11.8 Å². The molecule has 1 aromatic heterocycles. The largest absolute Gasteiger partial charge is 0.384 e. The Balaban J connectivity index is 0.00000225. The van der Waals surface area contributed by atoms with Crippen molar-refractivity contribution in [2.75, 3.05) is 38.7 Å². The molecule has 1 aromatic carbocycles. The van der Waals surface area contributed by atoms with Crippen LogP contribution in [0, 0.1) is 5.41 Å². The summed E-state index contributed by atoms with van der Waals surface area (Å²) in [6.07, 6.45) is 5.03. The number of carbonyl (C=O) groups is 2. The number of amides is 2. The van der Waals surface area contributed by atoms with Crippen molar-refractivity contribution in [3.8, 4) is 0 Å². The number of pyridine rings is 1. The average molecular weight is 455 g/mol. The first kappa shape index (κ1) is 25.8. The van der Waals surface area contributed by atoms with Crippen molar-refractivity contribution in [3.05, 3.63) is 59.9 Å². The lowest BCUT2D eigenvalue weighted by Gasteiger charge is -2.37. The van der Waals surface area contributed by atoms with Gasteiger partial charge in [-0.25, -0.2) is 0 Å². The van der Waals surface area contributed by atoms with Crippen molar-refractivity contribution in [2.45, 2.75) is 12.8 Å². The molecule has 0 unspecified atom stereocenters. The molecular weight excluding hydrogens is 427 g/mol. The molecule has 3 rings (SSSR count). The number of rotatable bonds is 7. The quantitative estimate of drug-likeness (QED) is 0.597. The number of aromatic nitrogens is 1. The van der Waals surface area contributed by atoms with Gasteiger partial charge in [0.2, 0.25) is 0 Å². The predicted octanol–water partition coefficient (Wildman–Crippen LogP) is 2.92. The van der Waals surface area contributed by atoms with E-state index in [1.165, 1.54) is 6.20 Å². The van der Waals surface area contributed by atoms with Gasteiger partial charge in [0.1, 0.15) is 0 Å². The Hall–Kier alpha value is -2.19. The number of hydrogen-bond donors (Lipinski definition) is 3. The van der Waals surface area contributed by atoms with Gasteiger partial charge in [0.15, 0.2) is 0 Å². The maximum absolute atomic E-state index is 12.7. The second-order valence-electron chi connectivity index (χ2n) is 7.14. The molecule has 2 aromatic rings. The van der Waals surface area contributed by atoms with Crippen molar-refractivity contribution >= 4 is 42.3 Å². The van der Waals surface area contributed by atoms with Crippen LogP contribution in [0.3, 0.4) is 0 Å². The molecule has 1 saturated heterocycles. The van der Waals surface area contributed by atoms with Crippen LogP contribution in [0.4, 0.5) is 5.69 Å². The maximum Gasteiger partial charge on any atom is 0.257 e. The highest BCUT2D eigenvalue weighted by Gasteiger charge is 2.32. The highest BCUT2D eigenvalue weighted by Crippen LogP contribution is 2.28. The zero-order valence-electron chi connectivity index (χ0n) is 16.8. The molecule has 0 saturated carbocycles. The first-order valence-electron chi connectivity index (χ1n) is 9.41. The summed E-state index contributed by atoms with van der Waals surface area (Å²) in [5, 5.41) is 9.18. The fourth-order valence-electron chi connectivity index (χ4n) is 3.44. The molecule has 2 heterocycles. The van der Waals surface area contributed by atoms with Crippen LogP contribution in [0.15, 0.2) is 48.8 Å². The second-order valence-corrected chi connectivity index (χ2v) is 7.14. The van der Waals surface area contributed by atoms with Crippen molar-refractivity contribution in [2.24, 2.45) is 5.41 Å². The lowest BCUT2D eigenvalue weighted by Crippen LogP contribution is -2.47. The van der Waals surface area contributed by atoms with Crippen molar-refractivity contribution < 1.29 is 14.3 Å². The Labute approximate surface area is 189 Å². The monoisotopic (exact) mass is 454 g/mol. The lowest BCUT2D eigenvalue weighted by atomic mass is 9.79. The van der Waals surface area contributed by atoms with Gasteiger partial charge < -0.3 is 20.7 Å². The van der Waals surface area contributed by atoms with Crippen LogP contribution in [-0.2, 0) is 4.74 Å². The number of anilines is 1. The molecule has 0 aliphatic carbocycles. The smallest absolute Gasteiger partial charge is 0.257 e. The Morgan fingerprint density at radius 1 is 1.10 bits per heavy atom. The summed E-state index contributed by atoms with van der Waals surface area (Å²) in [5.74, 6) is -0.425. The van der Waals surface area contributed by atoms with Gasteiger partial charge in [0.05, 0.1) is 12.2 Å². The van der Waals surface area contributed by atoms with Crippen LogP contribution in [0.2, 0.25) is 0 Å². The number of halogens is 2. The summed E-state index contributed by atoms with van der Waals surface area (Å²) < 4.78 is 5.40. The van der Waals surface area contributed by atoms with E-state index in [9.17, 15) is 9.59 Å². The molecule has 164 valence electrons. The highest BCUT2D eigenvalue weighted by atomic mass is 35.5. The molecule has 0 spiro atoms. The zero-order valence-corrected chi connectivity index (χ0v) is 18.5. The standard InChI is InChI=1S/C21H26N4O3.2ClH/c1-28-15-21(7-10-22-11-8-21)14-24-19(26)16-4-2-6-18(12-16)25-20(27)17-5-3-9-23-13-17;;/h2-6,9,12-13,22H,7-8,10-11,14-15H2,1H3,(H,24,26)(H,25,27);2*1H. The molecule has 0 bridgehead atoms. The number of nitrogens with zero attached hydrogens (tertiary/aromatic N) is 1.